The summed E-state index contributed by atoms with van der Waals surface area (Å²) in [5.74, 6) is -0.551. The standard InChI is InChI=1S/C22H25FN2O3/c1-27-21-8-4-18(16-20(21)23)5-9-22(26)24-19-6-2-17(3-7-19)10-11-25-12-14-28-15-13-25/h2-9,16H,10-15H2,1H3,(H,24,26)/b9-5+. The van der Waals surface area contributed by atoms with Crippen LogP contribution in [-0.4, -0.2) is 50.8 Å². The predicted molar refractivity (Wildman–Crippen MR) is 108 cm³/mol. The molecule has 2 aromatic rings. The second-order valence-corrected chi connectivity index (χ2v) is 6.62. The molecule has 0 unspecified atom stereocenters. The molecular formula is C22H25FN2O3. The van der Waals surface area contributed by atoms with Crippen LogP contribution in [0.4, 0.5) is 10.1 Å². The van der Waals surface area contributed by atoms with Gasteiger partial charge in [0.05, 0.1) is 20.3 Å². The Morgan fingerprint density at radius 3 is 2.64 bits per heavy atom. The van der Waals surface area contributed by atoms with E-state index >= 15 is 0 Å². The van der Waals surface area contributed by atoms with Crippen molar-refractivity contribution in [1.29, 1.82) is 0 Å². The molecule has 1 aliphatic rings. The maximum atomic E-state index is 13.7. The number of rotatable bonds is 7. The van der Waals surface area contributed by atoms with Crippen molar-refractivity contribution >= 4 is 17.7 Å². The van der Waals surface area contributed by atoms with E-state index in [9.17, 15) is 9.18 Å². The Balaban J connectivity index is 1.49. The minimum absolute atomic E-state index is 0.176. The summed E-state index contributed by atoms with van der Waals surface area (Å²) in [6.45, 7) is 4.59. The van der Waals surface area contributed by atoms with Gasteiger partial charge in [0.25, 0.3) is 0 Å². The Labute approximate surface area is 164 Å². The zero-order chi connectivity index (χ0) is 19.8. The van der Waals surface area contributed by atoms with Crippen LogP contribution in [0.3, 0.4) is 0 Å². The fourth-order valence-corrected chi connectivity index (χ4v) is 3.01. The van der Waals surface area contributed by atoms with Crippen LogP contribution in [0.15, 0.2) is 48.5 Å². The summed E-state index contributed by atoms with van der Waals surface area (Å²) >= 11 is 0. The Morgan fingerprint density at radius 1 is 1.21 bits per heavy atom. The van der Waals surface area contributed by atoms with Crippen molar-refractivity contribution in [3.8, 4) is 5.75 Å². The number of hydrogen-bond donors (Lipinski definition) is 1. The van der Waals surface area contributed by atoms with Gasteiger partial charge < -0.3 is 14.8 Å². The number of benzene rings is 2. The molecule has 0 bridgehead atoms. The summed E-state index contributed by atoms with van der Waals surface area (Å²) in [4.78, 5) is 14.5. The zero-order valence-electron chi connectivity index (χ0n) is 16.0. The third kappa shape index (κ3) is 5.90. The van der Waals surface area contributed by atoms with E-state index in [2.05, 4.69) is 10.2 Å². The molecule has 0 aliphatic carbocycles. The maximum Gasteiger partial charge on any atom is 0.248 e. The van der Waals surface area contributed by atoms with Crippen LogP contribution in [0.1, 0.15) is 11.1 Å². The van der Waals surface area contributed by atoms with Gasteiger partial charge in [-0.25, -0.2) is 4.39 Å². The van der Waals surface area contributed by atoms with E-state index in [0.717, 1.165) is 45.0 Å². The van der Waals surface area contributed by atoms with Gasteiger partial charge >= 0.3 is 0 Å². The van der Waals surface area contributed by atoms with Crippen molar-refractivity contribution in [2.75, 3.05) is 45.3 Å². The summed E-state index contributed by atoms with van der Waals surface area (Å²) < 4.78 is 23.9. The van der Waals surface area contributed by atoms with E-state index in [1.165, 1.54) is 30.9 Å². The first kappa shape index (κ1) is 20.0. The molecular weight excluding hydrogens is 359 g/mol. The average Bonchev–Trinajstić information content (AvgIpc) is 2.72. The van der Waals surface area contributed by atoms with Crippen molar-refractivity contribution < 1.29 is 18.7 Å². The lowest BCUT2D eigenvalue weighted by Crippen LogP contribution is -2.37. The number of carbonyl (C=O) groups is 1. The van der Waals surface area contributed by atoms with E-state index < -0.39 is 5.82 Å². The highest BCUT2D eigenvalue weighted by atomic mass is 19.1. The van der Waals surface area contributed by atoms with Crippen molar-refractivity contribution in [2.24, 2.45) is 0 Å². The van der Waals surface area contributed by atoms with Gasteiger partial charge in [0.1, 0.15) is 0 Å². The molecule has 1 saturated heterocycles. The molecule has 1 aliphatic heterocycles. The Bertz CT molecular complexity index is 815. The van der Waals surface area contributed by atoms with Gasteiger partial charge in [0.2, 0.25) is 5.91 Å². The van der Waals surface area contributed by atoms with Crippen molar-refractivity contribution in [1.82, 2.24) is 4.90 Å². The third-order valence-corrected chi connectivity index (χ3v) is 4.64. The lowest BCUT2D eigenvalue weighted by molar-refractivity contribution is -0.111. The maximum absolute atomic E-state index is 13.7. The molecule has 148 valence electrons. The molecule has 3 rings (SSSR count). The summed E-state index contributed by atoms with van der Waals surface area (Å²) in [6.07, 6.45) is 3.92. The molecule has 1 amide bonds. The predicted octanol–water partition coefficient (Wildman–Crippen LogP) is 3.36. The van der Waals surface area contributed by atoms with Crippen LogP contribution >= 0.6 is 0 Å². The van der Waals surface area contributed by atoms with E-state index in [0.29, 0.717) is 5.56 Å². The molecule has 0 saturated carbocycles. The van der Waals surface area contributed by atoms with Gasteiger partial charge in [0.15, 0.2) is 11.6 Å². The first-order chi connectivity index (χ1) is 13.6. The number of methoxy groups -OCH3 is 1. The fourth-order valence-electron chi connectivity index (χ4n) is 3.01. The minimum atomic E-state index is -0.460. The van der Waals surface area contributed by atoms with Crippen LogP contribution in [0.25, 0.3) is 6.08 Å². The van der Waals surface area contributed by atoms with Gasteiger partial charge in [-0.3, -0.25) is 9.69 Å². The monoisotopic (exact) mass is 384 g/mol. The summed E-state index contributed by atoms with van der Waals surface area (Å²) in [6, 6.07) is 12.4. The molecule has 1 heterocycles. The Morgan fingerprint density at radius 2 is 1.96 bits per heavy atom. The normalized spacial score (nSPS) is 14.9. The summed E-state index contributed by atoms with van der Waals surface area (Å²) in [5.41, 5.74) is 2.55. The van der Waals surface area contributed by atoms with Gasteiger partial charge in [-0.2, -0.15) is 0 Å². The van der Waals surface area contributed by atoms with Gasteiger partial charge in [0, 0.05) is 31.4 Å². The van der Waals surface area contributed by atoms with E-state index in [1.807, 2.05) is 24.3 Å². The summed E-state index contributed by atoms with van der Waals surface area (Å²) in [7, 11) is 1.41. The van der Waals surface area contributed by atoms with Crippen LogP contribution in [0.2, 0.25) is 0 Å². The Kier molecular flexibility index (Phi) is 7.17. The number of morpholine rings is 1. The van der Waals surface area contributed by atoms with E-state index in [1.54, 1.807) is 12.1 Å². The second kappa shape index (κ2) is 10.0. The largest absolute Gasteiger partial charge is 0.494 e. The number of halogens is 1. The molecule has 0 aromatic heterocycles. The number of ether oxygens (including phenoxy) is 2. The molecule has 0 spiro atoms. The fraction of sp³-hybridized carbons (Fsp3) is 0.318. The smallest absolute Gasteiger partial charge is 0.248 e. The molecule has 5 nitrogen and oxygen atoms in total. The van der Waals surface area contributed by atoms with Crippen LogP contribution in [0, 0.1) is 5.82 Å². The molecule has 1 fully saturated rings. The van der Waals surface area contributed by atoms with E-state index in [4.69, 9.17) is 9.47 Å². The zero-order valence-corrected chi connectivity index (χ0v) is 16.0. The molecule has 0 radical (unpaired) electrons. The quantitative estimate of drug-likeness (QED) is 0.744. The van der Waals surface area contributed by atoms with Crippen molar-refractivity contribution in [3.63, 3.8) is 0 Å². The van der Waals surface area contributed by atoms with Gasteiger partial charge in [-0.1, -0.05) is 18.2 Å². The molecule has 6 heteroatoms. The molecule has 2 aromatic carbocycles. The topological polar surface area (TPSA) is 50.8 Å². The van der Waals surface area contributed by atoms with Crippen LogP contribution in [0.5, 0.6) is 5.75 Å². The number of anilines is 1. The van der Waals surface area contributed by atoms with Gasteiger partial charge in [-0.05, 0) is 47.9 Å². The van der Waals surface area contributed by atoms with Crippen molar-refractivity contribution in [2.45, 2.75) is 6.42 Å². The second-order valence-electron chi connectivity index (χ2n) is 6.62. The van der Waals surface area contributed by atoms with Gasteiger partial charge in [-0.15, -0.1) is 0 Å². The Hall–Kier alpha value is -2.70. The first-order valence-corrected chi connectivity index (χ1v) is 9.36. The highest BCUT2D eigenvalue weighted by molar-refractivity contribution is 6.01. The lowest BCUT2D eigenvalue weighted by atomic mass is 10.1. The number of amides is 1. The lowest BCUT2D eigenvalue weighted by Gasteiger charge is -2.26. The minimum Gasteiger partial charge on any atom is -0.494 e. The number of nitrogens with zero attached hydrogens (tertiary/aromatic N) is 1. The van der Waals surface area contributed by atoms with Crippen LogP contribution in [-0.2, 0) is 16.0 Å². The van der Waals surface area contributed by atoms with Crippen molar-refractivity contribution in [3.05, 3.63) is 65.5 Å². The number of carbonyl (C=O) groups excluding carboxylic acids is 1. The first-order valence-electron chi connectivity index (χ1n) is 9.36. The molecule has 28 heavy (non-hydrogen) atoms. The average molecular weight is 384 g/mol. The number of nitrogens with one attached hydrogen (secondary N) is 1. The molecule has 1 N–H and O–H groups in total. The van der Waals surface area contributed by atoms with E-state index in [-0.39, 0.29) is 11.7 Å². The van der Waals surface area contributed by atoms with Crippen LogP contribution < -0.4 is 10.1 Å². The molecule has 0 atom stereocenters. The third-order valence-electron chi connectivity index (χ3n) is 4.64. The highest BCUT2D eigenvalue weighted by Gasteiger charge is 2.09. The number of hydrogen-bond acceptors (Lipinski definition) is 4. The summed E-state index contributed by atoms with van der Waals surface area (Å²) in [5, 5.41) is 2.81. The SMILES string of the molecule is COc1ccc(/C=C/C(=O)Nc2ccc(CCN3CCOCC3)cc2)cc1F. The highest BCUT2D eigenvalue weighted by Crippen LogP contribution is 2.18.